The Kier molecular flexibility index (Phi) is 5.16. The zero-order valence-electron chi connectivity index (χ0n) is 16.1. The molecule has 6 nitrogen and oxygen atoms in total. The Morgan fingerprint density at radius 2 is 1.66 bits per heavy atom. The molecule has 2 heterocycles. The molecule has 1 aliphatic rings. The van der Waals surface area contributed by atoms with E-state index in [0.29, 0.717) is 48.5 Å². The molecular formula is C23H21NO5. The lowest BCUT2D eigenvalue weighted by Crippen LogP contribution is -2.30. The molecule has 0 aliphatic carbocycles. The fourth-order valence-corrected chi connectivity index (χ4v) is 3.60. The number of carbonyl (C=O) groups excluding carboxylic acids is 2. The van der Waals surface area contributed by atoms with Crippen LogP contribution in [0.25, 0.3) is 11.0 Å². The molecule has 4 rings (SSSR count). The number of benzene rings is 2. The third-order valence-electron chi connectivity index (χ3n) is 5.11. The molecule has 0 bridgehead atoms. The van der Waals surface area contributed by atoms with Crippen LogP contribution in [0.15, 0.2) is 57.7 Å². The van der Waals surface area contributed by atoms with Crippen LogP contribution < -0.4 is 10.4 Å². The summed E-state index contributed by atoms with van der Waals surface area (Å²) in [5, 5.41) is 0.907. The number of rotatable bonds is 7. The molecule has 6 heteroatoms. The largest absolute Gasteiger partial charge is 0.493 e. The molecule has 0 saturated carbocycles. The molecule has 3 aromatic rings. The van der Waals surface area contributed by atoms with Gasteiger partial charge in [0.15, 0.2) is 0 Å². The molecular weight excluding hydrogens is 370 g/mol. The van der Waals surface area contributed by atoms with E-state index in [-0.39, 0.29) is 17.4 Å². The second-order valence-corrected chi connectivity index (χ2v) is 6.97. The zero-order valence-corrected chi connectivity index (χ0v) is 16.1. The Hall–Kier alpha value is -3.41. The lowest BCUT2D eigenvalue weighted by atomic mass is 10.1. The number of nitrogens with zero attached hydrogens (tertiary/aromatic N) is 1. The van der Waals surface area contributed by atoms with Gasteiger partial charge in [0.25, 0.3) is 11.8 Å². The molecule has 1 aromatic heterocycles. The lowest BCUT2D eigenvalue weighted by molar-refractivity contribution is 0.0649. The van der Waals surface area contributed by atoms with Gasteiger partial charge in [0.2, 0.25) is 0 Å². The minimum atomic E-state index is -0.368. The van der Waals surface area contributed by atoms with Gasteiger partial charge in [-0.2, -0.15) is 0 Å². The summed E-state index contributed by atoms with van der Waals surface area (Å²) in [5.41, 5.74) is 2.03. The first-order valence-electron chi connectivity index (χ1n) is 9.73. The van der Waals surface area contributed by atoms with Gasteiger partial charge in [-0.25, -0.2) is 4.79 Å². The Bertz CT molecular complexity index is 1110. The van der Waals surface area contributed by atoms with Gasteiger partial charge >= 0.3 is 5.63 Å². The van der Waals surface area contributed by atoms with E-state index in [1.54, 1.807) is 30.3 Å². The average Bonchev–Trinajstić information content (AvgIpc) is 2.97. The van der Waals surface area contributed by atoms with Crippen LogP contribution >= 0.6 is 0 Å². The van der Waals surface area contributed by atoms with E-state index in [2.05, 4.69) is 0 Å². The van der Waals surface area contributed by atoms with Gasteiger partial charge in [-0.3, -0.25) is 14.5 Å². The molecule has 1 aliphatic heterocycles. The summed E-state index contributed by atoms with van der Waals surface area (Å²) in [6.07, 6.45) is 2.08. The first-order chi connectivity index (χ1) is 14.1. The molecule has 0 radical (unpaired) electrons. The van der Waals surface area contributed by atoms with Crippen molar-refractivity contribution >= 4 is 22.8 Å². The molecule has 0 N–H and O–H groups in total. The highest BCUT2D eigenvalue weighted by molar-refractivity contribution is 6.21. The summed E-state index contributed by atoms with van der Waals surface area (Å²) in [5.74, 6) is 0.153. The normalized spacial score (nSPS) is 13.2. The predicted molar refractivity (Wildman–Crippen MR) is 108 cm³/mol. The maximum atomic E-state index is 12.3. The number of hydrogen-bond donors (Lipinski definition) is 0. The van der Waals surface area contributed by atoms with E-state index in [1.165, 1.54) is 11.0 Å². The Labute approximate surface area is 167 Å². The fourth-order valence-electron chi connectivity index (χ4n) is 3.60. The van der Waals surface area contributed by atoms with Crippen molar-refractivity contribution in [1.29, 1.82) is 0 Å². The van der Waals surface area contributed by atoms with E-state index < -0.39 is 0 Å². The van der Waals surface area contributed by atoms with Crippen LogP contribution in [0.2, 0.25) is 0 Å². The Balaban J connectivity index is 1.32. The zero-order chi connectivity index (χ0) is 20.4. The number of imide groups is 1. The van der Waals surface area contributed by atoms with Crippen molar-refractivity contribution in [3.8, 4) is 5.75 Å². The molecule has 2 aromatic carbocycles. The predicted octanol–water partition coefficient (Wildman–Crippen LogP) is 3.81. The molecule has 0 fully saturated rings. The van der Waals surface area contributed by atoms with Crippen molar-refractivity contribution in [3.63, 3.8) is 0 Å². The van der Waals surface area contributed by atoms with Crippen LogP contribution in [0.4, 0.5) is 0 Å². The molecule has 0 unspecified atom stereocenters. The van der Waals surface area contributed by atoms with Crippen molar-refractivity contribution < 1.29 is 18.7 Å². The Morgan fingerprint density at radius 1 is 0.931 bits per heavy atom. The SMILES string of the molecule is CCc1cc(=O)oc2cc(OCCCCN3C(=O)c4ccccc4C3=O)ccc12. The highest BCUT2D eigenvalue weighted by atomic mass is 16.5. The number of fused-ring (bicyclic) bond motifs is 2. The molecule has 0 atom stereocenters. The van der Waals surface area contributed by atoms with Gasteiger partial charge in [0.1, 0.15) is 11.3 Å². The molecule has 0 saturated heterocycles. The number of amides is 2. The summed E-state index contributed by atoms with van der Waals surface area (Å²) in [4.78, 5) is 37.6. The van der Waals surface area contributed by atoms with Crippen LogP contribution in [0.1, 0.15) is 46.0 Å². The van der Waals surface area contributed by atoms with E-state index in [9.17, 15) is 14.4 Å². The second kappa shape index (κ2) is 7.91. The minimum absolute atomic E-state index is 0.234. The van der Waals surface area contributed by atoms with Gasteiger partial charge in [-0.15, -0.1) is 0 Å². The fraction of sp³-hybridized carbons (Fsp3) is 0.261. The maximum absolute atomic E-state index is 12.3. The summed E-state index contributed by atoms with van der Waals surface area (Å²) in [7, 11) is 0. The minimum Gasteiger partial charge on any atom is -0.493 e. The second-order valence-electron chi connectivity index (χ2n) is 6.97. The van der Waals surface area contributed by atoms with Crippen molar-refractivity contribution in [2.75, 3.05) is 13.2 Å². The number of aryl methyl sites for hydroxylation is 1. The van der Waals surface area contributed by atoms with E-state index >= 15 is 0 Å². The van der Waals surface area contributed by atoms with Crippen LogP contribution in [-0.4, -0.2) is 29.9 Å². The van der Waals surface area contributed by atoms with E-state index in [0.717, 1.165) is 17.4 Å². The van der Waals surface area contributed by atoms with E-state index in [1.807, 2.05) is 19.1 Å². The van der Waals surface area contributed by atoms with Crippen molar-refractivity contribution in [2.45, 2.75) is 26.2 Å². The highest BCUT2D eigenvalue weighted by Crippen LogP contribution is 2.24. The standard InChI is InChI=1S/C23H21NO5/c1-2-15-13-21(25)29-20-14-16(9-10-17(15)20)28-12-6-5-11-24-22(26)18-7-3-4-8-19(18)23(24)27/h3-4,7-10,13-14H,2,5-6,11-12H2,1H3. The number of ether oxygens (including phenoxy) is 1. The quantitative estimate of drug-likeness (QED) is 0.348. The topological polar surface area (TPSA) is 76.8 Å². The van der Waals surface area contributed by atoms with Gasteiger partial charge in [-0.05, 0) is 49.1 Å². The molecule has 29 heavy (non-hydrogen) atoms. The maximum Gasteiger partial charge on any atom is 0.336 e. The number of hydrogen-bond acceptors (Lipinski definition) is 5. The Morgan fingerprint density at radius 3 is 2.34 bits per heavy atom. The van der Waals surface area contributed by atoms with Crippen molar-refractivity contribution in [2.24, 2.45) is 0 Å². The van der Waals surface area contributed by atoms with Crippen LogP contribution in [0.3, 0.4) is 0 Å². The summed E-state index contributed by atoms with van der Waals surface area (Å²) < 4.78 is 11.0. The van der Waals surface area contributed by atoms with Gasteiger partial charge < -0.3 is 9.15 Å². The third-order valence-corrected chi connectivity index (χ3v) is 5.11. The first-order valence-corrected chi connectivity index (χ1v) is 9.73. The van der Waals surface area contributed by atoms with Crippen LogP contribution in [0.5, 0.6) is 5.75 Å². The van der Waals surface area contributed by atoms with Gasteiger partial charge in [0.05, 0.1) is 17.7 Å². The summed E-state index contributed by atoms with van der Waals surface area (Å²) >= 11 is 0. The smallest absolute Gasteiger partial charge is 0.336 e. The monoisotopic (exact) mass is 391 g/mol. The average molecular weight is 391 g/mol. The van der Waals surface area contributed by atoms with Crippen LogP contribution in [0, 0.1) is 0 Å². The highest BCUT2D eigenvalue weighted by Gasteiger charge is 2.34. The summed E-state index contributed by atoms with van der Waals surface area (Å²) in [6, 6.07) is 13.9. The molecule has 2 amide bonds. The number of unbranched alkanes of at least 4 members (excludes halogenated alkanes) is 1. The van der Waals surface area contributed by atoms with Crippen LogP contribution in [-0.2, 0) is 6.42 Å². The molecule has 0 spiro atoms. The van der Waals surface area contributed by atoms with Gasteiger partial charge in [-0.1, -0.05) is 19.1 Å². The van der Waals surface area contributed by atoms with Gasteiger partial charge in [0, 0.05) is 24.1 Å². The molecule has 148 valence electrons. The lowest BCUT2D eigenvalue weighted by Gasteiger charge is -2.13. The van der Waals surface area contributed by atoms with Crippen molar-refractivity contribution in [1.82, 2.24) is 4.90 Å². The van der Waals surface area contributed by atoms with E-state index in [4.69, 9.17) is 9.15 Å². The summed E-state index contributed by atoms with van der Waals surface area (Å²) in [6.45, 7) is 2.79. The first kappa shape index (κ1) is 18.9. The number of carbonyl (C=O) groups is 2. The van der Waals surface area contributed by atoms with Crippen molar-refractivity contribution in [3.05, 3.63) is 75.6 Å². The third kappa shape index (κ3) is 3.66.